The number of fused-ring (bicyclic) bond motifs is 8. The summed E-state index contributed by atoms with van der Waals surface area (Å²) in [6, 6.07) is 96.7. The van der Waals surface area contributed by atoms with Crippen molar-refractivity contribution in [3.05, 3.63) is 261 Å². The molecular weight excluding hydrogens is 855 g/mol. The lowest BCUT2D eigenvalue weighted by Crippen LogP contribution is -2.11. The first kappa shape index (κ1) is 39.7. The first-order chi connectivity index (χ1) is 35.3. The van der Waals surface area contributed by atoms with Crippen molar-refractivity contribution in [2.75, 3.05) is 4.90 Å². The first-order valence-corrected chi connectivity index (χ1v) is 24.7. The van der Waals surface area contributed by atoms with Crippen molar-refractivity contribution in [1.82, 2.24) is 0 Å². The van der Waals surface area contributed by atoms with Crippen molar-refractivity contribution in [3.63, 3.8) is 0 Å². The number of nitrogens with zero attached hydrogens (tertiary/aromatic N) is 1. The molecule has 0 amide bonds. The normalized spacial score (nSPS) is 11.9. The zero-order chi connectivity index (χ0) is 46.6. The highest BCUT2D eigenvalue weighted by molar-refractivity contribution is 6.31. The Hall–Kier alpha value is -9.30. The van der Waals surface area contributed by atoms with Gasteiger partial charge in [-0.05, 0) is 146 Å². The van der Waals surface area contributed by atoms with E-state index in [0.717, 1.165) is 17.1 Å². The quantitative estimate of drug-likeness (QED) is 0.154. The van der Waals surface area contributed by atoms with Crippen molar-refractivity contribution in [3.8, 4) is 89.0 Å². The largest absolute Gasteiger partial charge is 0.309 e. The van der Waals surface area contributed by atoms with Gasteiger partial charge in [-0.1, -0.05) is 237 Å². The lowest BCUT2D eigenvalue weighted by Gasteiger charge is -2.29. The summed E-state index contributed by atoms with van der Waals surface area (Å²) in [5.41, 5.74) is 23.7. The molecule has 0 fully saturated rings. The van der Waals surface area contributed by atoms with Crippen molar-refractivity contribution in [1.29, 1.82) is 0 Å². The van der Waals surface area contributed by atoms with Gasteiger partial charge < -0.3 is 4.90 Å². The van der Waals surface area contributed by atoms with Gasteiger partial charge in [0, 0.05) is 16.5 Å². The van der Waals surface area contributed by atoms with Crippen LogP contribution in [0.25, 0.3) is 132 Å². The van der Waals surface area contributed by atoms with E-state index in [0.29, 0.717) is 0 Å². The minimum atomic E-state index is 1.11. The van der Waals surface area contributed by atoms with Gasteiger partial charge >= 0.3 is 0 Å². The van der Waals surface area contributed by atoms with E-state index in [1.165, 1.54) is 132 Å². The number of benzene rings is 13. The number of rotatable bonds is 7. The Morgan fingerprint density at radius 3 is 0.775 bits per heavy atom. The number of anilines is 3. The van der Waals surface area contributed by atoms with Crippen LogP contribution in [0.5, 0.6) is 0 Å². The van der Waals surface area contributed by atoms with E-state index >= 15 is 0 Å². The molecule has 13 aromatic carbocycles. The Labute approximate surface area is 412 Å². The van der Waals surface area contributed by atoms with Gasteiger partial charge in [0.1, 0.15) is 0 Å². The molecule has 0 unspecified atom stereocenters. The lowest BCUT2D eigenvalue weighted by atomic mass is 9.82. The Morgan fingerprint density at radius 1 is 0.183 bits per heavy atom. The Morgan fingerprint density at radius 2 is 0.451 bits per heavy atom. The molecule has 0 spiro atoms. The highest BCUT2D eigenvalue weighted by Crippen LogP contribution is 2.62. The van der Waals surface area contributed by atoms with E-state index in [1.54, 1.807) is 0 Å². The molecule has 1 nitrogen and oxygen atoms in total. The van der Waals surface area contributed by atoms with Crippen LogP contribution in [-0.4, -0.2) is 0 Å². The molecular formula is C70H43N. The summed E-state index contributed by atoms with van der Waals surface area (Å²) >= 11 is 0. The van der Waals surface area contributed by atoms with Gasteiger partial charge in [0.25, 0.3) is 0 Å². The predicted molar refractivity (Wildman–Crippen MR) is 302 cm³/mol. The third-order valence-electron chi connectivity index (χ3n) is 15.3. The highest BCUT2D eigenvalue weighted by Gasteiger charge is 2.35. The zero-order valence-electron chi connectivity index (χ0n) is 38.8. The summed E-state index contributed by atoms with van der Waals surface area (Å²) in [5, 5.41) is 10.1. The van der Waals surface area contributed by atoms with E-state index in [-0.39, 0.29) is 0 Å². The summed E-state index contributed by atoms with van der Waals surface area (Å²) in [6.07, 6.45) is 0. The zero-order valence-corrected chi connectivity index (χ0v) is 38.8. The monoisotopic (exact) mass is 897 g/mol. The highest BCUT2D eigenvalue weighted by atomic mass is 15.1. The predicted octanol–water partition coefficient (Wildman–Crippen LogP) is 19.7. The Balaban J connectivity index is 1.02. The molecule has 13 aromatic rings. The summed E-state index contributed by atoms with van der Waals surface area (Å²) in [4.78, 5) is 2.52. The minimum absolute atomic E-state index is 1.11. The third-order valence-corrected chi connectivity index (χ3v) is 15.3. The van der Waals surface area contributed by atoms with Crippen LogP contribution < -0.4 is 4.90 Å². The average molecular weight is 898 g/mol. The van der Waals surface area contributed by atoms with Crippen molar-refractivity contribution >= 4 is 60.2 Å². The molecule has 0 N–H and O–H groups in total. The van der Waals surface area contributed by atoms with E-state index in [9.17, 15) is 0 Å². The van der Waals surface area contributed by atoms with E-state index in [2.05, 4.69) is 266 Å². The fraction of sp³-hybridized carbons (Fsp3) is 0. The van der Waals surface area contributed by atoms with E-state index in [4.69, 9.17) is 0 Å². The van der Waals surface area contributed by atoms with Crippen LogP contribution in [0.1, 0.15) is 0 Å². The first-order valence-electron chi connectivity index (χ1n) is 24.7. The van der Waals surface area contributed by atoms with Gasteiger partial charge in [-0.15, -0.1) is 0 Å². The van der Waals surface area contributed by atoms with Gasteiger partial charge in [-0.3, -0.25) is 0 Å². The standard InChI is InChI=1S/C70H43N/c1-6-22-44(23-7-1)61-49-32-16-18-34-51(49)63(46-26-10-3-11-27-46)69-57-40-42-59(53-36-20-38-55(65(53)57)67(61)69)71(48-30-14-5-15-31-48)60-43-41-58-66-54(60)37-21-39-56(66)68-62(45-24-8-2-9-25-45)50-33-17-19-35-52(50)64(70(58)68)47-28-12-4-13-29-47/h1-43H. The summed E-state index contributed by atoms with van der Waals surface area (Å²) < 4.78 is 0. The molecule has 0 saturated heterocycles. The number of hydrogen-bond donors (Lipinski definition) is 0. The molecule has 0 aromatic heterocycles. The second-order valence-corrected chi connectivity index (χ2v) is 18.9. The summed E-state index contributed by atoms with van der Waals surface area (Å²) in [5.74, 6) is 0. The van der Waals surface area contributed by atoms with Crippen LogP contribution in [0.15, 0.2) is 261 Å². The van der Waals surface area contributed by atoms with Gasteiger partial charge in [0.15, 0.2) is 0 Å². The Bertz CT molecular complexity index is 3850. The van der Waals surface area contributed by atoms with Crippen LogP contribution in [0.2, 0.25) is 0 Å². The fourth-order valence-corrected chi connectivity index (χ4v) is 12.6. The third kappa shape index (κ3) is 5.75. The number of para-hydroxylation sites is 1. The van der Waals surface area contributed by atoms with Gasteiger partial charge in [0.05, 0.1) is 11.4 Å². The molecule has 1 heteroatoms. The fourth-order valence-electron chi connectivity index (χ4n) is 12.6. The van der Waals surface area contributed by atoms with Gasteiger partial charge in [-0.2, -0.15) is 0 Å². The van der Waals surface area contributed by atoms with Crippen molar-refractivity contribution < 1.29 is 0 Å². The van der Waals surface area contributed by atoms with Gasteiger partial charge in [0.2, 0.25) is 0 Å². The molecule has 0 aliphatic heterocycles. The van der Waals surface area contributed by atoms with Crippen LogP contribution in [-0.2, 0) is 0 Å². The van der Waals surface area contributed by atoms with Crippen LogP contribution in [0.3, 0.4) is 0 Å². The van der Waals surface area contributed by atoms with E-state index in [1.807, 2.05) is 0 Å². The number of hydrogen-bond acceptors (Lipinski definition) is 1. The molecule has 328 valence electrons. The molecule has 0 heterocycles. The van der Waals surface area contributed by atoms with Crippen molar-refractivity contribution in [2.45, 2.75) is 0 Å². The lowest BCUT2D eigenvalue weighted by molar-refractivity contribution is 1.31. The average Bonchev–Trinajstić information content (AvgIpc) is 3.96. The molecule has 71 heavy (non-hydrogen) atoms. The maximum absolute atomic E-state index is 2.52. The van der Waals surface area contributed by atoms with Crippen LogP contribution >= 0.6 is 0 Å². The van der Waals surface area contributed by atoms with Crippen LogP contribution in [0, 0.1) is 0 Å². The Kier molecular flexibility index (Phi) is 8.73. The molecule has 15 rings (SSSR count). The minimum Gasteiger partial charge on any atom is -0.309 e. The maximum atomic E-state index is 2.52. The van der Waals surface area contributed by atoms with Crippen molar-refractivity contribution in [2.24, 2.45) is 0 Å². The second-order valence-electron chi connectivity index (χ2n) is 18.9. The molecule has 0 saturated carbocycles. The van der Waals surface area contributed by atoms with Crippen LogP contribution in [0.4, 0.5) is 17.1 Å². The topological polar surface area (TPSA) is 3.24 Å². The smallest absolute Gasteiger partial charge is 0.0540 e. The maximum Gasteiger partial charge on any atom is 0.0540 e. The molecule has 2 aliphatic rings. The van der Waals surface area contributed by atoms with E-state index < -0.39 is 0 Å². The molecule has 0 bridgehead atoms. The summed E-state index contributed by atoms with van der Waals surface area (Å²) in [6.45, 7) is 0. The second kappa shape index (κ2) is 15.6. The van der Waals surface area contributed by atoms with Gasteiger partial charge in [-0.25, -0.2) is 0 Å². The SMILES string of the molecule is c1ccc(-c2c3c(c(-c4ccccc4)c4ccccc24)-c2ccc(N(c4ccccc4)c4ccc5c6c(cccc46)-c4c-5c(-c5ccccc5)c5ccccc5c4-c4ccccc4)c4cccc-3c24)cc1. The molecule has 0 radical (unpaired) electrons. The summed E-state index contributed by atoms with van der Waals surface area (Å²) in [7, 11) is 0. The molecule has 0 atom stereocenters. The molecule has 2 aliphatic carbocycles.